The highest BCUT2D eigenvalue weighted by Gasteiger charge is 2.60. The molecule has 2 aliphatic rings. The third-order valence-electron chi connectivity index (χ3n) is 5.50. The monoisotopic (exact) mass is 351 g/mol. The number of fused-ring (bicyclic) bond motifs is 2. The van der Waals surface area contributed by atoms with E-state index in [9.17, 15) is 9.18 Å². The van der Waals surface area contributed by atoms with Crippen LogP contribution in [0, 0.1) is 22.6 Å². The first-order valence-electron chi connectivity index (χ1n) is 7.24. The molecular formula is C17H19BrFNO. The number of benzene rings is 1. The van der Waals surface area contributed by atoms with Crippen LogP contribution in [0.2, 0.25) is 0 Å². The minimum atomic E-state index is -0.456. The van der Waals surface area contributed by atoms with Crippen LogP contribution in [0.25, 0.3) is 0 Å². The number of rotatable bonds is 2. The van der Waals surface area contributed by atoms with Gasteiger partial charge >= 0.3 is 0 Å². The Hall–Kier alpha value is -1.16. The highest BCUT2D eigenvalue weighted by molar-refractivity contribution is 9.10. The number of hydrogen-bond acceptors (Lipinski definition) is 1. The van der Waals surface area contributed by atoms with Crippen molar-refractivity contribution in [3.05, 3.63) is 40.6 Å². The molecule has 21 heavy (non-hydrogen) atoms. The second-order valence-electron chi connectivity index (χ2n) is 6.80. The van der Waals surface area contributed by atoms with Crippen LogP contribution in [-0.4, -0.2) is 5.91 Å². The molecule has 1 aromatic carbocycles. The highest BCUT2D eigenvalue weighted by Crippen LogP contribution is 2.65. The number of carbonyl (C=O) groups excluding carboxylic acids is 1. The third-order valence-corrected chi connectivity index (χ3v) is 6.16. The van der Waals surface area contributed by atoms with Crippen LogP contribution in [0.5, 0.6) is 0 Å². The van der Waals surface area contributed by atoms with E-state index in [1.54, 1.807) is 6.07 Å². The van der Waals surface area contributed by atoms with Crippen molar-refractivity contribution in [2.45, 2.75) is 33.1 Å². The quantitative estimate of drug-likeness (QED) is 0.753. The van der Waals surface area contributed by atoms with Gasteiger partial charge in [-0.15, -0.1) is 0 Å². The Morgan fingerprint density at radius 1 is 1.48 bits per heavy atom. The number of anilines is 1. The Balaban J connectivity index is 1.88. The second kappa shape index (κ2) is 4.67. The molecular weight excluding hydrogens is 333 g/mol. The van der Waals surface area contributed by atoms with Crippen molar-refractivity contribution in [2.75, 3.05) is 5.32 Å². The fraction of sp³-hybridized carbons (Fsp3) is 0.471. The molecule has 0 saturated heterocycles. The summed E-state index contributed by atoms with van der Waals surface area (Å²) >= 11 is 3.29. The first kappa shape index (κ1) is 14.8. The summed E-state index contributed by atoms with van der Waals surface area (Å²) in [7, 11) is 0. The number of halogens is 2. The van der Waals surface area contributed by atoms with Crippen LogP contribution in [0.1, 0.15) is 33.1 Å². The van der Waals surface area contributed by atoms with Crippen LogP contribution >= 0.6 is 15.9 Å². The van der Waals surface area contributed by atoms with Gasteiger partial charge in [0, 0.05) is 4.47 Å². The summed E-state index contributed by atoms with van der Waals surface area (Å²) in [5.41, 5.74) is 1.22. The van der Waals surface area contributed by atoms with Crippen LogP contribution in [-0.2, 0) is 4.79 Å². The molecule has 2 bridgehead atoms. The molecule has 1 aromatic rings. The third kappa shape index (κ3) is 2.07. The lowest BCUT2D eigenvalue weighted by atomic mass is 9.68. The smallest absolute Gasteiger partial charge is 0.234 e. The summed E-state index contributed by atoms with van der Waals surface area (Å²) < 4.78 is 13.7. The van der Waals surface area contributed by atoms with Crippen LogP contribution in [0.4, 0.5) is 10.1 Å². The molecule has 0 unspecified atom stereocenters. The van der Waals surface area contributed by atoms with Crippen molar-refractivity contribution >= 4 is 27.5 Å². The van der Waals surface area contributed by atoms with Crippen LogP contribution in [0.3, 0.4) is 0 Å². The largest absolute Gasteiger partial charge is 0.324 e. The predicted molar refractivity (Wildman–Crippen MR) is 85.4 cm³/mol. The highest BCUT2D eigenvalue weighted by atomic mass is 79.9. The van der Waals surface area contributed by atoms with Gasteiger partial charge in [0.05, 0.1) is 11.1 Å². The second-order valence-corrected chi connectivity index (χ2v) is 7.65. The van der Waals surface area contributed by atoms with Gasteiger partial charge in [-0.05, 0) is 64.7 Å². The molecule has 112 valence electrons. The zero-order valence-electron chi connectivity index (χ0n) is 12.3. The summed E-state index contributed by atoms with van der Waals surface area (Å²) in [6.45, 7) is 8.59. The average Bonchev–Trinajstić information content (AvgIpc) is 2.93. The Labute approximate surface area is 132 Å². The predicted octanol–water partition coefficient (Wildman–Crippen LogP) is 4.91. The van der Waals surface area contributed by atoms with E-state index in [1.807, 2.05) is 0 Å². The molecule has 2 atom stereocenters. The molecule has 0 spiro atoms. The number of carbonyl (C=O) groups is 1. The first-order valence-corrected chi connectivity index (χ1v) is 8.03. The lowest BCUT2D eigenvalue weighted by molar-refractivity contribution is -0.123. The van der Waals surface area contributed by atoms with E-state index in [4.69, 9.17) is 0 Å². The van der Waals surface area contributed by atoms with E-state index >= 15 is 0 Å². The Morgan fingerprint density at radius 2 is 2.19 bits per heavy atom. The summed E-state index contributed by atoms with van der Waals surface area (Å²) in [6.07, 6.45) is 2.82. The van der Waals surface area contributed by atoms with E-state index in [-0.39, 0.29) is 17.1 Å². The molecule has 2 saturated carbocycles. The summed E-state index contributed by atoms with van der Waals surface area (Å²) in [6, 6.07) is 4.30. The maximum atomic E-state index is 13.1. The van der Waals surface area contributed by atoms with Crippen molar-refractivity contribution in [1.82, 2.24) is 0 Å². The topological polar surface area (TPSA) is 29.1 Å². The molecule has 1 amide bonds. The SMILES string of the molecule is C=C1C(C)(C)[C@H]2CC[C@@]1(C(=O)Nc1ccc(F)cc1Br)C2. The van der Waals surface area contributed by atoms with Gasteiger partial charge in [-0.1, -0.05) is 26.0 Å². The lowest BCUT2D eigenvalue weighted by Crippen LogP contribution is -2.37. The maximum Gasteiger partial charge on any atom is 0.234 e. The first-order chi connectivity index (χ1) is 9.77. The molecule has 2 nitrogen and oxygen atoms in total. The van der Waals surface area contributed by atoms with E-state index < -0.39 is 5.41 Å². The molecule has 0 aromatic heterocycles. The Kier molecular flexibility index (Phi) is 3.28. The van der Waals surface area contributed by atoms with Gasteiger partial charge in [-0.3, -0.25) is 4.79 Å². The fourth-order valence-electron chi connectivity index (χ4n) is 3.97. The van der Waals surface area contributed by atoms with E-state index in [2.05, 4.69) is 41.7 Å². The van der Waals surface area contributed by atoms with Gasteiger partial charge < -0.3 is 5.32 Å². The molecule has 1 N–H and O–H groups in total. The molecule has 3 rings (SSSR count). The normalized spacial score (nSPS) is 29.7. The standard InChI is InChI=1S/C17H19BrFNO/c1-10-16(2,3)11-6-7-17(10,9-11)15(21)20-14-5-4-12(19)8-13(14)18/h4-5,8,11H,1,6-7,9H2,2-3H3,(H,20,21)/t11-,17+/m0/s1. The number of nitrogens with one attached hydrogen (secondary N) is 1. The minimum absolute atomic E-state index is 0.00659. The number of amides is 1. The van der Waals surface area contributed by atoms with Gasteiger partial charge in [0.1, 0.15) is 5.82 Å². The van der Waals surface area contributed by atoms with Crippen molar-refractivity contribution < 1.29 is 9.18 Å². The van der Waals surface area contributed by atoms with Gasteiger partial charge in [-0.2, -0.15) is 0 Å². The number of hydrogen-bond donors (Lipinski definition) is 1. The summed E-state index contributed by atoms with van der Waals surface area (Å²) in [5, 5.41) is 2.95. The van der Waals surface area contributed by atoms with Crippen molar-refractivity contribution in [3.8, 4) is 0 Å². The Bertz CT molecular complexity index is 640. The van der Waals surface area contributed by atoms with Gasteiger partial charge in [-0.25, -0.2) is 4.39 Å². The lowest BCUT2D eigenvalue weighted by Gasteiger charge is -2.37. The molecule has 2 aliphatic carbocycles. The summed E-state index contributed by atoms with van der Waals surface area (Å²) in [5.74, 6) is 0.200. The fourth-order valence-corrected chi connectivity index (χ4v) is 4.42. The Morgan fingerprint density at radius 3 is 2.76 bits per heavy atom. The maximum absolute atomic E-state index is 13.1. The molecule has 0 radical (unpaired) electrons. The van der Waals surface area contributed by atoms with Crippen LogP contribution < -0.4 is 5.32 Å². The average molecular weight is 352 g/mol. The molecule has 0 aliphatic heterocycles. The van der Waals surface area contributed by atoms with Crippen molar-refractivity contribution in [1.29, 1.82) is 0 Å². The van der Waals surface area contributed by atoms with E-state index in [0.717, 1.165) is 24.8 Å². The molecule has 4 heteroatoms. The van der Waals surface area contributed by atoms with Crippen molar-refractivity contribution in [3.63, 3.8) is 0 Å². The molecule has 2 fully saturated rings. The van der Waals surface area contributed by atoms with Crippen LogP contribution in [0.15, 0.2) is 34.8 Å². The van der Waals surface area contributed by atoms with Gasteiger partial charge in [0.25, 0.3) is 0 Å². The molecule has 0 heterocycles. The van der Waals surface area contributed by atoms with Crippen molar-refractivity contribution in [2.24, 2.45) is 16.7 Å². The van der Waals surface area contributed by atoms with E-state index in [0.29, 0.717) is 16.1 Å². The minimum Gasteiger partial charge on any atom is -0.324 e. The zero-order valence-corrected chi connectivity index (χ0v) is 13.9. The summed E-state index contributed by atoms with van der Waals surface area (Å²) in [4.78, 5) is 12.8. The van der Waals surface area contributed by atoms with Gasteiger partial charge in [0.15, 0.2) is 0 Å². The van der Waals surface area contributed by atoms with Gasteiger partial charge in [0.2, 0.25) is 5.91 Å². The zero-order chi connectivity index (χ0) is 15.4. The van der Waals surface area contributed by atoms with E-state index in [1.165, 1.54) is 12.1 Å².